The quantitative estimate of drug-likeness (QED) is 0.425. The average Bonchev–Trinajstić information content (AvgIpc) is 2.10. The van der Waals surface area contributed by atoms with Crippen molar-refractivity contribution in [2.45, 2.75) is 41.5 Å². The summed E-state index contributed by atoms with van der Waals surface area (Å²) in [5.41, 5.74) is 0. The van der Waals surface area contributed by atoms with E-state index < -0.39 is 0 Å². The fourth-order valence-electron chi connectivity index (χ4n) is 0.875. The summed E-state index contributed by atoms with van der Waals surface area (Å²) >= 11 is 0. The molecule has 0 rings (SSSR count). The fourth-order valence-corrected chi connectivity index (χ4v) is 0.875. The summed E-state index contributed by atoms with van der Waals surface area (Å²) in [6, 6.07) is 0. The smallest absolute Gasteiger partial charge is 0.155 e. The number of aliphatic hydroxyl groups is 2. The van der Waals surface area contributed by atoms with Gasteiger partial charge in [-0.05, 0) is 40.7 Å². The second-order valence-electron chi connectivity index (χ2n) is 4.16. The number of aliphatic hydroxyl groups excluding tert-OH is 2. The minimum absolute atomic E-state index is 0. The van der Waals surface area contributed by atoms with Crippen LogP contribution in [0.25, 0.3) is 0 Å². The first-order valence-corrected chi connectivity index (χ1v) is 6.00. The Bertz CT molecular complexity index is 368. The Morgan fingerprint density at radius 1 is 0.682 bits per heavy atom. The molecule has 0 fully saturated rings. The van der Waals surface area contributed by atoms with E-state index in [1.165, 1.54) is 53.7 Å². The van der Waals surface area contributed by atoms with E-state index in [1.54, 1.807) is 0 Å². The number of ketones is 3. The van der Waals surface area contributed by atoms with Gasteiger partial charge in [0.15, 0.2) is 17.3 Å². The van der Waals surface area contributed by atoms with Crippen LogP contribution >= 0.6 is 0 Å². The maximum atomic E-state index is 10.0. The van der Waals surface area contributed by atoms with Crippen molar-refractivity contribution in [3.8, 4) is 0 Å². The van der Waals surface area contributed by atoms with Crippen molar-refractivity contribution in [2.24, 2.45) is 0 Å². The molecule has 0 aliphatic rings. The van der Waals surface area contributed by atoms with E-state index in [4.69, 9.17) is 10.2 Å². The van der Waals surface area contributed by atoms with Crippen LogP contribution in [0.15, 0.2) is 35.5 Å². The summed E-state index contributed by atoms with van der Waals surface area (Å²) in [6.07, 6.45) is 3.39. The minimum atomic E-state index is -0.187. The molecule has 22 heavy (non-hydrogen) atoms. The third kappa shape index (κ3) is 50.9. The largest absolute Gasteiger partial charge is 0.876 e. The second-order valence-corrected chi connectivity index (χ2v) is 4.16. The van der Waals surface area contributed by atoms with Crippen molar-refractivity contribution in [3.63, 3.8) is 0 Å². The summed E-state index contributed by atoms with van der Waals surface area (Å²) in [4.78, 5) is 30.0. The molecule has 7 heteroatoms. The van der Waals surface area contributed by atoms with E-state index in [1.807, 2.05) is 0 Å². The summed E-state index contributed by atoms with van der Waals surface area (Å²) in [6.45, 7) is 8.39. The normalized spacial score (nSPS) is 10.9. The first-order chi connectivity index (χ1) is 9.38. The van der Waals surface area contributed by atoms with Crippen LogP contribution in [-0.4, -0.2) is 27.6 Å². The molecule has 0 spiro atoms. The fraction of sp³-hybridized carbons (Fsp3) is 0.400. The number of carbonyl (C=O) groups excluding carboxylic acids is 3. The van der Waals surface area contributed by atoms with Gasteiger partial charge in [0.2, 0.25) is 0 Å². The van der Waals surface area contributed by atoms with E-state index >= 15 is 0 Å². The van der Waals surface area contributed by atoms with Crippen molar-refractivity contribution in [1.29, 1.82) is 0 Å². The van der Waals surface area contributed by atoms with Crippen LogP contribution in [0.1, 0.15) is 41.5 Å². The summed E-state index contributed by atoms with van der Waals surface area (Å²) in [5.74, 6) is -0.500. The molecule has 0 unspecified atom stereocenters. The Labute approximate surface area is 163 Å². The first-order valence-electron chi connectivity index (χ1n) is 6.00. The average molecular weight is 531 g/mol. The van der Waals surface area contributed by atoms with Gasteiger partial charge in [-0.1, -0.05) is 6.92 Å². The number of carbonyl (C=O) groups is 3. The maximum Gasteiger partial charge on any atom is 0.155 e. The zero-order valence-corrected chi connectivity index (χ0v) is 17.9. The molecule has 0 bridgehead atoms. The molecule has 0 aliphatic heterocycles. The molecular weight excluding hydrogens is 508 g/mol. The molecule has 0 atom stereocenters. The van der Waals surface area contributed by atoms with Crippen LogP contribution in [0.5, 0.6) is 0 Å². The van der Waals surface area contributed by atoms with Crippen molar-refractivity contribution in [3.05, 3.63) is 35.5 Å². The van der Waals surface area contributed by atoms with Crippen molar-refractivity contribution < 1.29 is 69.6 Å². The molecule has 0 amide bonds. The summed E-state index contributed by atoms with van der Waals surface area (Å²) < 4.78 is 0. The van der Waals surface area contributed by atoms with Crippen LogP contribution in [-0.2, 0) is 14.4 Å². The molecule has 0 aromatic rings. The Morgan fingerprint density at radius 3 is 0.909 bits per heavy atom. The molecule has 0 saturated carbocycles. The number of hydrogen-bond acceptors (Lipinski definition) is 6. The number of rotatable bonds is 3. The second kappa shape index (κ2) is 18.0. The van der Waals surface area contributed by atoms with E-state index in [0.717, 1.165) is 6.08 Å². The van der Waals surface area contributed by atoms with Gasteiger partial charge in [0.05, 0.1) is 11.5 Å². The van der Waals surface area contributed by atoms with Crippen LogP contribution in [0, 0.1) is 39.9 Å². The minimum Gasteiger partial charge on any atom is -0.876 e. The van der Waals surface area contributed by atoms with E-state index in [-0.39, 0.29) is 74.6 Å². The zero-order valence-electron chi connectivity index (χ0n) is 13.8. The first kappa shape index (κ1) is 29.0. The van der Waals surface area contributed by atoms with E-state index in [9.17, 15) is 19.5 Å². The molecule has 0 aliphatic carbocycles. The van der Waals surface area contributed by atoms with Crippen molar-refractivity contribution >= 4 is 17.3 Å². The molecular formula is C15H23O6Th-. The molecule has 0 aromatic heterocycles. The Balaban J connectivity index is -0.000000108. The van der Waals surface area contributed by atoms with Gasteiger partial charge in [-0.15, -0.1) is 5.76 Å². The predicted octanol–water partition coefficient (Wildman–Crippen LogP) is 1.91. The van der Waals surface area contributed by atoms with Gasteiger partial charge in [0, 0.05) is 52.1 Å². The van der Waals surface area contributed by atoms with Gasteiger partial charge >= 0.3 is 0 Å². The third-order valence-electron chi connectivity index (χ3n) is 1.23. The number of hydrogen-bond donors (Lipinski definition) is 2. The molecule has 0 aromatic carbocycles. The Kier molecular flexibility index (Phi) is 23.8. The van der Waals surface area contributed by atoms with E-state index in [0.29, 0.717) is 0 Å². The molecule has 0 saturated heterocycles. The van der Waals surface area contributed by atoms with Crippen LogP contribution in [0.3, 0.4) is 0 Å². The van der Waals surface area contributed by atoms with Crippen LogP contribution in [0.4, 0.5) is 0 Å². The van der Waals surface area contributed by atoms with Crippen molar-refractivity contribution in [1.82, 2.24) is 0 Å². The predicted molar refractivity (Wildman–Crippen MR) is 78.6 cm³/mol. The van der Waals surface area contributed by atoms with Gasteiger partial charge in [0.1, 0.15) is 0 Å². The summed E-state index contributed by atoms with van der Waals surface area (Å²) in [5, 5.41) is 26.7. The Hall–Kier alpha value is -1.05. The maximum absolute atomic E-state index is 10.0. The van der Waals surface area contributed by atoms with Gasteiger partial charge in [0.25, 0.3) is 0 Å². The number of allylic oxidation sites excluding steroid dienone is 6. The monoisotopic (exact) mass is 531 g/mol. The van der Waals surface area contributed by atoms with Crippen LogP contribution < -0.4 is 5.11 Å². The van der Waals surface area contributed by atoms with Crippen molar-refractivity contribution in [2.75, 3.05) is 0 Å². The van der Waals surface area contributed by atoms with Gasteiger partial charge in [-0.25, -0.2) is 0 Å². The molecule has 6 nitrogen and oxygen atoms in total. The standard InChI is InChI=1S/3C5H8O2.Th/c3*1-4(6)3-5(2)7;/h3*3,6H,1-2H3;/p-1/b3*4-3-;. The molecule has 0 heterocycles. The Morgan fingerprint density at radius 2 is 0.909 bits per heavy atom. The van der Waals surface area contributed by atoms with Gasteiger partial charge < -0.3 is 15.3 Å². The summed E-state index contributed by atoms with van der Waals surface area (Å²) in [7, 11) is 0. The molecule has 124 valence electrons. The third-order valence-corrected chi connectivity index (χ3v) is 1.23. The molecule has 0 radical (unpaired) electrons. The van der Waals surface area contributed by atoms with Gasteiger partial charge in [-0.3, -0.25) is 14.4 Å². The SMILES string of the molecule is CC(=O)/C=C(/C)O.CC(=O)/C=C(/C)O.CC(=O)/C=C(/C)[O-].[Th]. The topological polar surface area (TPSA) is 115 Å². The zero-order chi connectivity index (χ0) is 17.6. The van der Waals surface area contributed by atoms with Gasteiger partial charge in [-0.2, -0.15) is 0 Å². The van der Waals surface area contributed by atoms with Crippen LogP contribution in [0.2, 0.25) is 0 Å². The van der Waals surface area contributed by atoms with E-state index in [2.05, 4.69) is 0 Å². The molecule has 2 N–H and O–H groups in total.